The normalized spacial score (nSPS) is 14.6. The van der Waals surface area contributed by atoms with E-state index >= 15 is 0 Å². The van der Waals surface area contributed by atoms with Gasteiger partial charge in [0.05, 0.1) is 34.4 Å². The van der Waals surface area contributed by atoms with E-state index in [1.807, 2.05) is 21.1 Å². The third-order valence-corrected chi connectivity index (χ3v) is 8.36. The van der Waals surface area contributed by atoms with Crippen molar-refractivity contribution in [2.75, 3.05) is 61.2 Å². The van der Waals surface area contributed by atoms with Crippen molar-refractivity contribution in [3.05, 3.63) is 12.2 Å². The van der Waals surface area contributed by atoms with Crippen molar-refractivity contribution < 1.29 is 32.5 Å². The molecule has 0 radical (unpaired) electrons. The van der Waals surface area contributed by atoms with Crippen LogP contribution in [0.3, 0.4) is 0 Å². The molecule has 0 saturated carbocycles. The van der Waals surface area contributed by atoms with Gasteiger partial charge in [0.15, 0.2) is 0 Å². The van der Waals surface area contributed by atoms with Crippen molar-refractivity contribution in [3.8, 4) is 0 Å². The van der Waals surface area contributed by atoms with Gasteiger partial charge in [-0.3, -0.25) is 9.05 Å². The van der Waals surface area contributed by atoms with E-state index in [0.717, 1.165) is 6.42 Å². The van der Waals surface area contributed by atoms with Crippen LogP contribution in [-0.4, -0.2) is 76.7 Å². The van der Waals surface area contributed by atoms with Gasteiger partial charge in [-0.1, -0.05) is 115 Å². The van der Waals surface area contributed by atoms with Crippen LogP contribution in [0.25, 0.3) is 0 Å². The Bertz CT molecular complexity index is 625. The molecule has 0 fully saturated rings. The lowest BCUT2D eigenvalue weighted by atomic mass is 10.1. The third kappa shape index (κ3) is 32.5. The maximum Gasteiger partial charge on any atom is 0.472 e. The van der Waals surface area contributed by atoms with Crippen molar-refractivity contribution in [1.82, 2.24) is 0 Å². The first-order valence-electron chi connectivity index (χ1n) is 16.9. The molecule has 0 aromatic carbocycles. The van der Waals surface area contributed by atoms with E-state index in [2.05, 4.69) is 19.1 Å². The number of phosphoric ester groups is 1. The molecule has 8 heteroatoms. The largest absolute Gasteiger partial charge is 0.472 e. The minimum atomic E-state index is -4.08. The lowest BCUT2D eigenvalue weighted by Gasteiger charge is -2.24. The van der Waals surface area contributed by atoms with Crippen LogP contribution in [0, 0.1) is 0 Å². The van der Waals surface area contributed by atoms with Gasteiger partial charge in [0.25, 0.3) is 0 Å². The fraction of sp³-hybridized carbons (Fsp3) is 0.939. The van der Waals surface area contributed by atoms with E-state index in [0.29, 0.717) is 24.2 Å². The molecule has 1 N–H and O–H groups in total. The molecule has 0 bridgehead atoms. The van der Waals surface area contributed by atoms with E-state index in [1.165, 1.54) is 122 Å². The Morgan fingerprint density at radius 3 is 1.59 bits per heavy atom. The summed E-state index contributed by atoms with van der Waals surface area (Å²) in [6.45, 7) is 4.02. The predicted octanol–water partition coefficient (Wildman–Crippen LogP) is 9.24. The summed E-state index contributed by atoms with van der Waals surface area (Å²) in [7, 11) is 3.45. The number of methoxy groups -OCH3 is 1. The third-order valence-electron chi connectivity index (χ3n) is 7.38. The van der Waals surface area contributed by atoms with Gasteiger partial charge >= 0.3 is 7.82 Å². The second kappa shape index (κ2) is 28.5. The van der Waals surface area contributed by atoms with E-state index in [4.69, 9.17) is 18.5 Å². The molecule has 0 rings (SSSR count). The first-order chi connectivity index (χ1) is 19.7. The standard InChI is InChI=1S/C33H68NO6P/c1-6-7-8-9-10-11-12-13-14-15-16-17-18-19-20-21-22-23-24-25-26-27-29-38-31-33(37-5)32-40-41(35,36)39-30-28-34(2,3)4/h16-17,33H,6-15,18-32H2,1-5H3/p+1/t33-/m1/s1. The molecule has 0 aliphatic carbocycles. The quantitative estimate of drug-likeness (QED) is 0.0356. The molecule has 0 aliphatic heterocycles. The molecule has 0 aliphatic rings. The molecule has 1 unspecified atom stereocenters. The predicted molar refractivity (Wildman–Crippen MR) is 173 cm³/mol. The number of nitrogens with zero attached hydrogens (tertiary/aromatic N) is 1. The van der Waals surface area contributed by atoms with Gasteiger partial charge in [-0.2, -0.15) is 0 Å². The minimum Gasteiger partial charge on any atom is -0.379 e. The molecule has 0 aromatic rings. The van der Waals surface area contributed by atoms with Gasteiger partial charge in [-0.05, 0) is 32.1 Å². The summed E-state index contributed by atoms with van der Waals surface area (Å²) >= 11 is 0. The van der Waals surface area contributed by atoms with Gasteiger partial charge in [-0.25, -0.2) is 4.57 Å². The van der Waals surface area contributed by atoms with Gasteiger partial charge in [-0.15, -0.1) is 0 Å². The van der Waals surface area contributed by atoms with Crippen molar-refractivity contribution in [2.45, 2.75) is 141 Å². The highest BCUT2D eigenvalue weighted by Gasteiger charge is 2.24. The number of hydrogen-bond donors (Lipinski definition) is 1. The zero-order valence-electron chi connectivity index (χ0n) is 27.8. The van der Waals surface area contributed by atoms with Crippen molar-refractivity contribution in [1.29, 1.82) is 0 Å². The molecule has 0 amide bonds. The second-order valence-corrected chi connectivity index (χ2v) is 14.1. The Labute approximate surface area is 254 Å². The first kappa shape index (κ1) is 40.7. The van der Waals surface area contributed by atoms with Crippen LogP contribution in [-0.2, 0) is 23.1 Å². The maximum absolute atomic E-state index is 12.0. The van der Waals surface area contributed by atoms with Crippen LogP contribution in [0.4, 0.5) is 0 Å². The highest BCUT2D eigenvalue weighted by Crippen LogP contribution is 2.43. The number of phosphoric acid groups is 1. The highest BCUT2D eigenvalue weighted by atomic mass is 31.2. The average molecular weight is 607 g/mol. The monoisotopic (exact) mass is 606 g/mol. The summed E-state index contributed by atoms with van der Waals surface area (Å²) in [6.07, 6.45) is 31.1. The van der Waals surface area contributed by atoms with Crippen LogP contribution in [0.5, 0.6) is 0 Å². The molecule has 0 aromatic heterocycles. The summed E-state index contributed by atoms with van der Waals surface area (Å²) in [5, 5.41) is 0. The molecule has 7 nitrogen and oxygen atoms in total. The zero-order chi connectivity index (χ0) is 30.5. The van der Waals surface area contributed by atoms with Crippen LogP contribution in [0.2, 0.25) is 0 Å². The number of ether oxygens (including phenoxy) is 2. The van der Waals surface area contributed by atoms with Gasteiger partial charge in [0.2, 0.25) is 0 Å². The summed E-state index contributed by atoms with van der Waals surface area (Å²) in [4.78, 5) is 9.82. The molecular weight excluding hydrogens is 537 g/mol. The average Bonchev–Trinajstić information content (AvgIpc) is 2.91. The number of unbranched alkanes of at least 4 members (excludes halogenated alkanes) is 18. The molecule has 0 saturated heterocycles. The minimum absolute atomic E-state index is 0.0374. The summed E-state index contributed by atoms with van der Waals surface area (Å²) in [5.41, 5.74) is 0. The number of rotatable bonds is 32. The topological polar surface area (TPSA) is 74.2 Å². The number of quaternary nitrogens is 1. The number of hydrogen-bond acceptors (Lipinski definition) is 5. The molecule has 41 heavy (non-hydrogen) atoms. The first-order valence-corrected chi connectivity index (χ1v) is 18.4. The Morgan fingerprint density at radius 2 is 1.12 bits per heavy atom. The summed E-state index contributed by atoms with van der Waals surface area (Å²) in [6, 6.07) is 0. The van der Waals surface area contributed by atoms with E-state index in [1.54, 1.807) is 7.11 Å². The summed E-state index contributed by atoms with van der Waals surface area (Å²) < 4.78 is 33.8. The molecule has 2 atom stereocenters. The van der Waals surface area contributed by atoms with E-state index in [9.17, 15) is 9.46 Å². The molecule has 0 heterocycles. The van der Waals surface area contributed by atoms with Crippen molar-refractivity contribution in [2.24, 2.45) is 0 Å². The lowest BCUT2D eigenvalue weighted by Crippen LogP contribution is -2.37. The van der Waals surface area contributed by atoms with Gasteiger partial charge < -0.3 is 18.9 Å². The molecule has 0 spiro atoms. The lowest BCUT2D eigenvalue weighted by molar-refractivity contribution is -0.870. The van der Waals surface area contributed by atoms with Crippen molar-refractivity contribution in [3.63, 3.8) is 0 Å². The maximum atomic E-state index is 12.0. The van der Waals surface area contributed by atoms with Crippen LogP contribution < -0.4 is 0 Å². The second-order valence-electron chi connectivity index (χ2n) is 12.6. The molecular formula is C33H69NO6P+. The van der Waals surface area contributed by atoms with Crippen molar-refractivity contribution >= 4 is 7.82 Å². The Hall–Kier alpha value is -0.270. The Balaban J connectivity index is 3.44. The number of likely N-dealkylation sites (N-methyl/N-ethyl adjacent to an activating group) is 1. The molecule has 246 valence electrons. The van der Waals surface area contributed by atoms with Crippen LogP contribution >= 0.6 is 7.82 Å². The fourth-order valence-corrected chi connectivity index (χ4v) is 5.30. The smallest absolute Gasteiger partial charge is 0.379 e. The number of allylic oxidation sites excluding steroid dienone is 2. The summed E-state index contributed by atoms with van der Waals surface area (Å²) in [5.74, 6) is 0. The Morgan fingerprint density at radius 1 is 0.659 bits per heavy atom. The van der Waals surface area contributed by atoms with E-state index in [-0.39, 0.29) is 13.2 Å². The van der Waals surface area contributed by atoms with Crippen LogP contribution in [0.1, 0.15) is 135 Å². The SMILES string of the molecule is CCCCCCCCCCCC=CCCCCCCCCCCCOC[C@H](COP(=O)(O)OCC[N+](C)(C)C)OC. The fourth-order valence-electron chi connectivity index (χ4n) is 4.56. The van der Waals surface area contributed by atoms with E-state index < -0.39 is 13.9 Å². The Kier molecular flexibility index (Phi) is 28.3. The zero-order valence-corrected chi connectivity index (χ0v) is 28.7. The van der Waals surface area contributed by atoms with Gasteiger partial charge in [0.1, 0.15) is 19.3 Å². The van der Waals surface area contributed by atoms with Gasteiger partial charge in [0, 0.05) is 13.7 Å². The van der Waals surface area contributed by atoms with Crippen LogP contribution in [0.15, 0.2) is 12.2 Å². The highest BCUT2D eigenvalue weighted by molar-refractivity contribution is 7.47.